The van der Waals surface area contributed by atoms with Gasteiger partial charge in [-0.2, -0.15) is 0 Å². The van der Waals surface area contributed by atoms with Crippen LogP contribution in [-0.4, -0.2) is 38.9 Å². The van der Waals surface area contributed by atoms with Gasteiger partial charge in [0.05, 0.1) is 13.2 Å². The van der Waals surface area contributed by atoms with Crippen LogP contribution in [0.15, 0.2) is 18.2 Å². The van der Waals surface area contributed by atoms with Gasteiger partial charge in [-0.15, -0.1) is 0 Å². The second-order valence-electron chi connectivity index (χ2n) is 5.10. The first kappa shape index (κ1) is 13.5. The highest BCUT2D eigenvalue weighted by Crippen LogP contribution is 2.09. The number of hydrogen-bond donors (Lipinski definition) is 2. The fraction of sp³-hybridized carbons (Fsp3) is 0.600. The van der Waals surface area contributed by atoms with Crippen molar-refractivity contribution >= 4 is 0 Å². The SMILES string of the molecule is Cc1ccc(CCNCC2COCCN2)cc1C. The lowest BCUT2D eigenvalue weighted by molar-refractivity contribution is 0.0768. The monoisotopic (exact) mass is 248 g/mol. The summed E-state index contributed by atoms with van der Waals surface area (Å²) in [6.45, 7) is 9.01. The summed E-state index contributed by atoms with van der Waals surface area (Å²) in [4.78, 5) is 0. The summed E-state index contributed by atoms with van der Waals surface area (Å²) in [5.41, 5.74) is 4.17. The fourth-order valence-electron chi connectivity index (χ4n) is 2.22. The molecule has 1 aliphatic rings. The molecule has 1 aromatic carbocycles. The van der Waals surface area contributed by atoms with Gasteiger partial charge < -0.3 is 15.4 Å². The van der Waals surface area contributed by atoms with Crippen LogP contribution in [0.2, 0.25) is 0 Å². The van der Waals surface area contributed by atoms with Crippen molar-refractivity contribution < 1.29 is 4.74 Å². The minimum absolute atomic E-state index is 0.471. The van der Waals surface area contributed by atoms with Crippen LogP contribution < -0.4 is 10.6 Å². The third-order valence-corrected chi connectivity index (χ3v) is 3.55. The normalized spacial score (nSPS) is 20.0. The van der Waals surface area contributed by atoms with Gasteiger partial charge in [0.25, 0.3) is 0 Å². The summed E-state index contributed by atoms with van der Waals surface area (Å²) in [5.74, 6) is 0. The van der Waals surface area contributed by atoms with Gasteiger partial charge in [0.1, 0.15) is 0 Å². The summed E-state index contributed by atoms with van der Waals surface area (Å²) in [5, 5.41) is 6.94. The van der Waals surface area contributed by atoms with E-state index in [1.165, 1.54) is 16.7 Å². The van der Waals surface area contributed by atoms with Crippen LogP contribution in [0.5, 0.6) is 0 Å². The van der Waals surface area contributed by atoms with E-state index in [1.54, 1.807) is 0 Å². The Labute approximate surface area is 110 Å². The van der Waals surface area contributed by atoms with E-state index in [-0.39, 0.29) is 0 Å². The van der Waals surface area contributed by atoms with Crippen molar-refractivity contribution in [1.82, 2.24) is 10.6 Å². The number of nitrogens with one attached hydrogen (secondary N) is 2. The van der Waals surface area contributed by atoms with Gasteiger partial charge in [0.15, 0.2) is 0 Å². The Hall–Kier alpha value is -0.900. The van der Waals surface area contributed by atoms with E-state index in [0.717, 1.165) is 39.3 Å². The van der Waals surface area contributed by atoms with Crippen LogP contribution in [0.3, 0.4) is 0 Å². The molecule has 0 aliphatic carbocycles. The van der Waals surface area contributed by atoms with Crippen LogP contribution in [0.25, 0.3) is 0 Å². The van der Waals surface area contributed by atoms with E-state index >= 15 is 0 Å². The predicted molar refractivity (Wildman–Crippen MR) is 75.1 cm³/mol. The van der Waals surface area contributed by atoms with Crippen molar-refractivity contribution in [1.29, 1.82) is 0 Å². The number of rotatable bonds is 5. The molecule has 3 nitrogen and oxygen atoms in total. The topological polar surface area (TPSA) is 33.3 Å². The average molecular weight is 248 g/mol. The molecule has 1 unspecified atom stereocenters. The van der Waals surface area contributed by atoms with Crippen molar-refractivity contribution in [2.45, 2.75) is 26.3 Å². The van der Waals surface area contributed by atoms with Gasteiger partial charge >= 0.3 is 0 Å². The molecule has 0 spiro atoms. The molecule has 1 heterocycles. The van der Waals surface area contributed by atoms with E-state index < -0.39 is 0 Å². The molecule has 2 N–H and O–H groups in total. The quantitative estimate of drug-likeness (QED) is 0.773. The van der Waals surface area contributed by atoms with Crippen molar-refractivity contribution in [3.8, 4) is 0 Å². The Morgan fingerprint density at radius 3 is 2.94 bits per heavy atom. The Kier molecular flexibility index (Phi) is 5.17. The van der Waals surface area contributed by atoms with Gasteiger partial charge in [-0.3, -0.25) is 0 Å². The summed E-state index contributed by atoms with van der Waals surface area (Å²) in [6, 6.07) is 7.20. The maximum absolute atomic E-state index is 5.42. The molecule has 0 radical (unpaired) electrons. The molecule has 1 fully saturated rings. The molecule has 100 valence electrons. The Bertz CT molecular complexity index is 373. The number of morpholine rings is 1. The van der Waals surface area contributed by atoms with Crippen molar-refractivity contribution in [3.05, 3.63) is 34.9 Å². The molecule has 1 saturated heterocycles. The Balaban J connectivity index is 1.66. The summed E-state index contributed by atoms with van der Waals surface area (Å²) in [6.07, 6.45) is 1.09. The van der Waals surface area contributed by atoms with Gasteiger partial charge in [-0.05, 0) is 43.5 Å². The van der Waals surface area contributed by atoms with Crippen LogP contribution >= 0.6 is 0 Å². The zero-order valence-corrected chi connectivity index (χ0v) is 11.5. The highest BCUT2D eigenvalue weighted by Gasteiger charge is 2.11. The zero-order valence-electron chi connectivity index (χ0n) is 11.5. The molecule has 3 heteroatoms. The van der Waals surface area contributed by atoms with Gasteiger partial charge in [0, 0.05) is 19.1 Å². The first-order valence-electron chi connectivity index (χ1n) is 6.83. The molecule has 0 aromatic heterocycles. The van der Waals surface area contributed by atoms with Gasteiger partial charge in [-0.1, -0.05) is 18.2 Å². The van der Waals surface area contributed by atoms with Crippen LogP contribution in [0.4, 0.5) is 0 Å². The van der Waals surface area contributed by atoms with Crippen LogP contribution in [0.1, 0.15) is 16.7 Å². The molecule has 2 rings (SSSR count). The molecule has 1 aromatic rings. The van der Waals surface area contributed by atoms with Crippen molar-refractivity contribution in [2.75, 3.05) is 32.8 Å². The predicted octanol–water partition coefficient (Wildman–Crippen LogP) is 1.42. The van der Waals surface area contributed by atoms with E-state index in [9.17, 15) is 0 Å². The molecule has 0 saturated carbocycles. The average Bonchev–Trinajstić information content (AvgIpc) is 2.40. The number of benzene rings is 1. The summed E-state index contributed by atoms with van der Waals surface area (Å²) < 4.78 is 5.42. The third kappa shape index (κ3) is 4.09. The maximum Gasteiger partial charge on any atom is 0.0632 e. The lowest BCUT2D eigenvalue weighted by Gasteiger charge is -2.24. The maximum atomic E-state index is 5.42. The molecule has 18 heavy (non-hydrogen) atoms. The third-order valence-electron chi connectivity index (χ3n) is 3.55. The van der Waals surface area contributed by atoms with E-state index in [4.69, 9.17) is 4.74 Å². The van der Waals surface area contributed by atoms with Gasteiger partial charge in [0.2, 0.25) is 0 Å². The highest BCUT2D eigenvalue weighted by molar-refractivity contribution is 5.29. The number of hydrogen-bond acceptors (Lipinski definition) is 3. The highest BCUT2D eigenvalue weighted by atomic mass is 16.5. The van der Waals surface area contributed by atoms with Crippen molar-refractivity contribution in [3.63, 3.8) is 0 Å². The second-order valence-corrected chi connectivity index (χ2v) is 5.10. The van der Waals surface area contributed by atoms with Crippen molar-refractivity contribution in [2.24, 2.45) is 0 Å². The van der Waals surface area contributed by atoms with E-state index in [0.29, 0.717) is 6.04 Å². The lowest BCUT2D eigenvalue weighted by Crippen LogP contribution is -2.47. The standard InChI is InChI=1S/C15H24N2O/c1-12-3-4-14(9-13(12)2)5-6-16-10-15-11-18-8-7-17-15/h3-4,9,15-17H,5-8,10-11H2,1-2H3. The van der Waals surface area contributed by atoms with Crippen LogP contribution in [0, 0.1) is 13.8 Å². The first-order valence-corrected chi connectivity index (χ1v) is 6.83. The number of ether oxygens (including phenoxy) is 1. The smallest absolute Gasteiger partial charge is 0.0632 e. The van der Waals surface area contributed by atoms with E-state index in [1.807, 2.05) is 0 Å². The number of aryl methyl sites for hydroxylation is 2. The summed E-state index contributed by atoms with van der Waals surface area (Å²) >= 11 is 0. The second kappa shape index (κ2) is 6.88. The lowest BCUT2D eigenvalue weighted by atomic mass is 10.0. The minimum Gasteiger partial charge on any atom is -0.378 e. The van der Waals surface area contributed by atoms with Crippen LogP contribution in [-0.2, 0) is 11.2 Å². The molecular formula is C15H24N2O. The Morgan fingerprint density at radius 2 is 2.22 bits per heavy atom. The molecule has 0 bridgehead atoms. The minimum atomic E-state index is 0.471. The van der Waals surface area contributed by atoms with E-state index in [2.05, 4.69) is 42.7 Å². The largest absolute Gasteiger partial charge is 0.378 e. The molecular weight excluding hydrogens is 224 g/mol. The molecule has 1 atom stereocenters. The van der Waals surface area contributed by atoms with Gasteiger partial charge in [-0.25, -0.2) is 0 Å². The Morgan fingerprint density at radius 1 is 1.33 bits per heavy atom. The molecule has 1 aliphatic heterocycles. The fourth-order valence-corrected chi connectivity index (χ4v) is 2.22. The zero-order chi connectivity index (χ0) is 12.8. The summed E-state index contributed by atoms with van der Waals surface area (Å²) in [7, 11) is 0. The molecule has 0 amide bonds. The first-order chi connectivity index (χ1) is 8.75.